The lowest BCUT2D eigenvalue weighted by Crippen LogP contribution is -2.45. The van der Waals surface area contributed by atoms with Crippen molar-refractivity contribution in [3.63, 3.8) is 0 Å². The maximum absolute atomic E-state index is 12.1. The van der Waals surface area contributed by atoms with Crippen LogP contribution in [0.1, 0.15) is 26.2 Å². The van der Waals surface area contributed by atoms with Crippen LogP contribution in [0.15, 0.2) is 6.07 Å². The molecule has 0 spiro atoms. The Hall–Kier alpha value is -1.34. The third kappa shape index (κ3) is 3.21. The third-order valence-electron chi connectivity index (χ3n) is 4.12. The Bertz CT molecular complexity index is 449. The predicted octanol–water partition coefficient (Wildman–Crippen LogP) is 2.17. The third-order valence-corrected chi connectivity index (χ3v) is 4.81. The maximum atomic E-state index is 12.1. The van der Waals surface area contributed by atoms with E-state index in [9.17, 15) is 9.90 Å². The van der Waals surface area contributed by atoms with Gasteiger partial charge in [-0.15, -0.1) is 0 Å². The van der Waals surface area contributed by atoms with Gasteiger partial charge in [-0.05, 0) is 36.2 Å². The summed E-state index contributed by atoms with van der Waals surface area (Å²) in [4.78, 5) is 13.9. The smallest absolute Gasteiger partial charge is 0.322 e. The Morgan fingerprint density at radius 2 is 2.30 bits per heavy atom. The molecule has 1 aliphatic heterocycles. The van der Waals surface area contributed by atoms with E-state index < -0.39 is 0 Å². The molecule has 0 atom stereocenters. The van der Waals surface area contributed by atoms with Crippen molar-refractivity contribution >= 4 is 22.6 Å². The minimum absolute atomic E-state index is 0.00944. The summed E-state index contributed by atoms with van der Waals surface area (Å²) in [6.45, 7) is 3.65. The highest BCUT2D eigenvalue weighted by atomic mass is 32.1. The zero-order valence-electron chi connectivity index (χ0n) is 11.9. The first kappa shape index (κ1) is 15.1. The minimum atomic E-state index is -0.112. The van der Waals surface area contributed by atoms with Crippen molar-refractivity contribution in [2.45, 2.75) is 26.2 Å². The minimum Gasteiger partial charge on any atom is -0.480 e. The molecule has 0 unspecified atom stereocenters. The van der Waals surface area contributed by atoms with Crippen LogP contribution in [0.4, 0.5) is 9.80 Å². The standard InChI is InChI=1S/C13H21N3O3S/c1-3-13(9-17)4-6-16(7-5-13)12(18)14-11-8-10(19-2)15-20-11/h8,17H,3-7,9H2,1-2H3,(H,14,18). The monoisotopic (exact) mass is 299 g/mol. The highest BCUT2D eigenvalue weighted by molar-refractivity contribution is 7.10. The number of urea groups is 1. The number of ether oxygens (including phenoxy) is 1. The number of hydrogen-bond acceptors (Lipinski definition) is 5. The Labute approximate surface area is 122 Å². The Balaban J connectivity index is 1.88. The van der Waals surface area contributed by atoms with Crippen LogP contribution in [-0.2, 0) is 0 Å². The van der Waals surface area contributed by atoms with Crippen molar-refractivity contribution in [3.05, 3.63) is 6.07 Å². The number of carbonyl (C=O) groups is 1. The number of nitrogens with one attached hydrogen (secondary N) is 1. The summed E-state index contributed by atoms with van der Waals surface area (Å²) in [6.07, 6.45) is 2.64. The van der Waals surface area contributed by atoms with Gasteiger partial charge in [0.1, 0.15) is 5.00 Å². The number of aliphatic hydroxyl groups excluding tert-OH is 1. The second-order valence-corrected chi connectivity index (χ2v) is 5.97. The first-order valence-electron chi connectivity index (χ1n) is 6.80. The summed E-state index contributed by atoms with van der Waals surface area (Å²) in [5, 5.41) is 13.0. The molecule has 112 valence electrons. The molecule has 1 aromatic heterocycles. The fourth-order valence-corrected chi connectivity index (χ4v) is 3.01. The zero-order chi connectivity index (χ0) is 14.6. The first-order chi connectivity index (χ1) is 9.62. The SMILES string of the molecule is CCC1(CO)CCN(C(=O)Nc2cc(OC)ns2)CC1. The normalized spacial score (nSPS) is 17.9. The van der Waals surface area contributed by atoms with Gasteiger partial charge < -0.3 is 14.7 Å². The van der Waals surface area contributed by atoms with E-state index in [2.05, 4.69) is 16.6 Å². The number of hydrogen-bond donors (Lipinski definition) is 2. The van der Waals surface area contributed by atoms with E-state index >= 15 is 0 Å². The average Bonchev–Trinajstić information content (AvgIpc) is 2.95. The summed E-state index contributed by atoms with van der Waals surface area (Å²) in [6, 6.07) is 1.59. The molecule has 1 aromatic rings. The maximum Gasteiger partial charge on any atom is 0.322 e. The molecule has 2 heterocycles. The Morgan fingerprint density at radius 1 is 1.60 bits per heavy atom. The highest BCUT2D eigenvalue weighted by Gasteiger charge is 2.33. The number of aromatic nitrogens is 1. The number of nitrogens with zero attached hydrogens (tertiary/aromatic N) is 2. The van der Waals surface area contributed by atoms with Gasteiger partial charge in [-0.3, -0.25) is 5.32 Å². The number of rotatable bonds is 4. The van der Waals surface area contributed by atoms with E-state index in [0.29, 0.717) is 24.0 Å². The van der Waals surface area contributed by atoms with Gasteiger partial charge in [-0.25, -0.2) is 4.79 Å². The second-order valence-electron chi connectivity index (χ2n) is 5.16. The molecule has 2 amide bonds. The molecule has 6 nitrogen and oxygen atoms in total. The number of piperidine rings is 1. The van der Waals surface area contributed by atoms with Crippen molar-refractivity contribution in [1.29, 1.82) is 0 Å². The fourth-order valence-electron chi connectivity index (χ4n) is 2.41. The van der Waals surface area contributed by atoms with Crippen LogP contribution < -0.4 is 10.1 Å². The second kappa shape index (κ2) is 6.41. The molecular weight excluding hydrogens is 278 g/mol. The summed E-state index contributed by atoms with van der Waals surface area (Å²) in [5.41, 5.74) is -0.00944. The molecule has 2 rings (SSSR count). The Morgan fingerprint density at radius 3 is 2.80 bits per heavy atom. The van der Waals surface area contributed by atoms with E-state index in [1.54, 1.807) is 18.1 Å². The topological polar surface area (TPSA) is 74.7 Å². The van der Waals surface area contributed by atoms with Crippen molar-refractivity contribution in [3.8, 4) is 5.88 Å². The van der Waals surface area contributed by atoms with Gasteiger partial charge in [0.15, 0.2) is 0 Å². The van der Waals surface area contributed by atoms with E-state index in [4.69, 9.17) is 4.74 Å². The number of methoxy groups -OCH3 is 1. The van der Waals surface area contributed by atoms with Crippen LogP contribution in [0.5, 0.6) is 5.88 Å². The number of likely N-dealkylation sites (tertiary alicyclic amines) is 1. The van der Waals surface area contributed by atoms with Crippen LogP contribution >= 0.6 is 11.5 Å². The lowest BCUT2D eigenvalue weighted by atomic mass is 9.77. The van der Waals surface area contributed by atoms with Crippen LogP contribution in [0.2, 0.25) is 0 Å². The van der Waals surface area contributed by atoms with Crippen LogP contribution in [0.25, 0.3) is 0 Å². The van der Waals surface area contributed by atoms with Crippen molar-refractivity contribution in [1.82, 2.24) is 9.27 Å². The van der Waals surface area contributed by atoms with Gasteiger partial charge in [0, 0.05) is 25.8 Å². The molecule has 2 N–H and O–H groups in total. The van der Waals surface area contributed by atoms with Gasteiger partial charge >= 0.3 is 6.03 Å². The molecule has 0 radical (unpaired) electrons. The number of carbonyl (C=O) groups excluding carboxylic acids is 1. The van der Waals surface area contributed by atoms with Crippen LogP contribution in [0, 0.1) is 5.41 Å². The lowest BCUT2D eigenvalue weighted by Gasteiger charge is -2.40. The molecule has 1 saturated heterocycles. The van der Waals surface area contributed by atoms with Crippen molar-refractivity contribution in [2.75, 3.05) is 32.1 Å². The van der Waals surface area contributed by atoms with E-state index in [0.717, 1.165) is 19.3 Å². The molecule has 0 bridgehead atoms. The Kier molecular flexibility index (Phi) is 4.82. The quantitative estimate of drug-likeness (QED) is 0.893. The predicted molar refractivity (Wildman–Crippen MR) is 78.3 cm³/mol. The molecule has 0 saturated carbocycles. The lowest BCUT2D eigenvalue weighted by molar-refractivity contribution is 0.0542. The van der Waals surface area contributed by atoms with Crippen molar-refractivity contribution < 1.29 is 14.6 Å². The van der Waals surface area contributed by atoms with E-state index in [-0.39, 0.29) is 18.1 Å². The highest BCUT2D eigenvalue weighted by Crippen LogP contribution is 2.34. The molecule has 0 aliphatic carbocycles. The van der Waals surface area contributed by atoms with Crippen molar-refractivity contribution in [2.24, 2.45) is 5.41 Å². The summed E-state index contributed by atoms with van der Waals surface area (Å²) in [5.74, 6) is 0.509. The van der Waals surface area contributed by atoms with E-state index in [1.807, 2.05) is 0 Å². The van der Waals surface area contributed by atoms with Crippen LogP contribution in [0.3, 0.4) is 0 Å². The fraction of sp³-hybridized carbons (Fsp3) is 0.692. The molecular formula is C13H21N3O3S. The summed E-state index contributed by atoms with van der Waals surface area (Å²) >= 11 is 1.20. The van der Waals surface area contributed by atoms with Gasteiger partial charge in [0.2, 0.25) is 5.88 Å². The zero-order valence-corrected chi connectivity index (χ0v) is 12.7. The molecule has 1 aliphatic rings. The number of amides is 2. The van der Waals surface area contributed by atoms with Gasteiger partial charge in [-0.2, -0.15) is 4.37 Å². The van der Waals surface area contributed by atoms with Crippen LogP contribution in [-0.4, -0.2) is 47.2 Å². The first-order valence-corrected chi connectivity index (χ1v) is 7.57. The van der Waals surface area contributed by atoms with Gasteiger partial charge in [0.25, 0.3) is 0 Å². The average molecular weight is 299 g/mol. The summed E-state index contributed by atoms with van der Waals surface area (Å²) < 4.78 is 9.02. The van der Waals surface area contributed by atoms with E-state index in [1.165, 1.54) is 11.5 Å². The van der Waals surface area contributed by atoms with Gasteiger partial charge in [-0.1, -0.05) is 6.92 Å². The molecule has 0 aromatic carbocycles. The largest absolute Gasteiger partial charge is 0.480 e. The number of aliphatic hydroxyl groups is 1. The number of anilines is 1. The summed E-state index contributed by atoms with van der Waals surface area (Å²) in [7, 11) is 1.55. The molecule has 20 heavy (non-hydrogen) atoms. The van der Waals surface area contributed by atoms with Gasteiger partial charge in [0.05, 0.1) is 7.11 Å². The molecule has 1 fully saturated rings. The molecule has 7 heteroatoms.